The summed E-state index contributed by atoms with van der Waals surface area (Å²) in [5.74, 6) is 0.104. The van der Waals surface area contributed by atoms with E-state index in [0.29, 0.717) is 0 Å². The van der Waals surface area contributed by atoms with E-state index in [1.165, 1.54) is 24.1 Å². The predicted octanol–water partition coefficient (Wildman–Crippen LogP) is 4.39. The summed E-state index contributed by atoms with van der Waals surface area (Å²) >= 11 is 0. The highest BCUT2D eigenvalue weighted by Gasteiger charge is 2.19. The van der Waals surface area contributed by atoms with Crippen LogP contribution in [0.1, 0.15) is 30.9 Å². The van der Waals surface area contributed by atoms with E-state index in [-0.39, 0.29) is 5.91 Å². The average molecular weight is 348 g/mol. The number of nitrogens with zero attached hydrogens (tertiary/aromatic N) is 2. The van der Waals surface area contributed by atoms with E-state index in [0.717, 1.165) is 38.2 Å². The van der Waals surface area contributed by atoms with Crippen LogP contribution in [0.3, 0.4) is 0 Å². The normalized spacial score (nSPS) is 14.8. The number of amides is 1. The first-order valence-corrected chi connectivity index (χ1v) is 9.62. The third-order valence-electron chi connectivity index (χ3n) is 4.93. The van der Waals surface area contributed by atoms with Gasteiger partial charge in [0.15, 0.2) is 0 Å². The van der Waals surface area contributed by atoms with Crippen molar-refractivity contribution < 1.29 is 4.79 Å². The lowest BCUT2D eigenvalue weighted by Crippen LogP contribution is -2.48. The standard InChI is InChI=1S/C23H28N2O/c1-2-3-7-20-10-12-21(13-11-20)14-15-23(26)25-18-16-24(17-19-25)22-8-5-4-6-9-22/h4-6,8-15H,2-3,7,16-19H2,1H3. The molecule has 2 aromatic rings. The Hall–Kier alpha value is -2.55. The topological polar surface area (TPSA) is 23.6 Å². The molecule has 1 aliphatic rings. The number of aryl methyl sites for hydroxylation is 1. The zero-order chi connectivity index (χ0) is 18.2. The summed E-state index contributed by atoms with van der Waals surface area (Å²) in [4.78, 5) is 16.7. The van der Waals surface area contributed by atoms with E-state index in [2.05, 4.69) is 60.4 Å². The number of hydrogen-bond donors (Lipinski definition) is 0. The smallest absolute Gasteiger partial charge is 0.246 e. The highest BCUT2D eigenvalue weighted by atomic mass is 16.2. The fourth-order valence-corrected chi connectivity index (χ4v) is 3.27. The zero-order valence-electron chi connectivity index (χ0n) is 15.6. The lowest BCUT2D eigenvalue weighted by molar-refractivity contribution is -0.126. The first-order chi connectivity index (χ1) is 12.8. The Balaban J connectivity index is 1.50. The highest BCUT2D eigenvalue weighted by Crippen LogP contribution is 2.16. The molecule has 1 aliphatic heterocycles. The molecule has 3 heteroatoms. The van der Waals surface area contributed by atoms with Crippen LogP contribution in [0.15, 0.2) is 60.7 Å². The van der Waals surface area contributed by atoms with E-state index in [1.54, 1.807) is 6.08 Å². The van der Waals surface area contributed by atoms with Gasteiger partial charge in [0, 0.05) is 37.9 Å². The molecule has 0 unspecified atom stereocenters. The fraction of sp³-hybridized carbons (Fsp3) is 0.348. The van der Waals surface area contributed by atoms with Gasteiger partial charge in [-0.1, -0.05) is 55.8 Å². The van der Waals surface area contributed by atoms with Crippen molar-refractivity contribution in [2.75, 3.05) is 31.1 Å². The number of carbonyl (C=O) groups is 1. The van der Waals surface area contributed by atoms with Gasteiger partial charge in [-0.25, -0.2) is 0 Å². The molecule has 0 bridgehead atoms. The van der Waals surface area contributed by atoms with Crippen molar-refractivity contribution in [3.05, 3.63) is 71.8 Å². The lowest BCUT2D eigenvalue weighted by atomic mass is 10.1. The van der Waals surface area contributed by atoms with Crippen molar-refractivity contribution in [3.8, 4) is 0 Å². The van der Waals surface area contributed by atoms with Gasteiger partial charge in [-0.15, -0.1) is 0 Å². The molecular weight excluding hydrogens is 320 g/mol. The highest BCUT2D eigenvalue weighted by molar-refractivity contribution is 5.92. The van der Waals surface area contributed by atoms with Crippen LogP contribution in [0.25, 0.3) is 6.08 Å². The minimum absolute atomic E-state index is 0.104. The van der Waals surface area contributed by atoms with E-state index in [9.17, 15) is 4.79 Å². The third kappa shape index (κ3) is 4.98. The quantitative estimate of drug-likeness (QED) is 0.723. The van der Waals surface area contributed by atoms with E-state index < -0.39 is 0 Å². The second-order valence-electron chi connectivity index (χ2n) is 6.83. The van der Waals surface area contributed by atoms with Gasteiger partial charge < -0.3 is 9.80 Å². The Kier molecular flexibility index (Phi) is 6.48. The molecule has 26 heavy (non-hydrogen) atoms. The monoisotopic (exact) mass is 348 g/mol. The van der Waals surface area contributed by atoms with Gasteiger partial charge in [0.1, 0.15) is 0 Å². The molecule has 0 spiro atoms. The zero-order valence-corrected chi connectivity index (χ0v) is 15.6. The number of unbranched alkanes of at least 4 members (excludes halogenated alkanes) is 1. The van der Waals surface area contributed by atoms with Gasteiger partial charge in [-0.05, 0) is 42.2 Å². The van der Waals surface area contributed by atoms with Gasteiger partial charge in [0.2, 0.25) is 5.91 Å². The number of carbonyl (C=O) groups excluding carboxylic acids is 1. The molecule has 0 aliphatic carbocycles. The molecule has 0 atom stereocenters. The summed E-state index contributed by atoms with van der Waals surface area (Å²) in [7, 11) is 0. The van der Waals surface area contributed by atoms with Crippen LogP contribution in [0.2, 0.25) is 0 Å². The number of hydrogen-bond acceptors (Lipinski definition) is 2. The molecule has 2 aromatic carbocycles. The molecule has 0 aromatic heterocycles. The summed E-state index contributed by atoms with van der Waals surface area (Å²) in [5.41, 5.74) is 3.69. The van der Waals surface area contributed by atoms with Crippen LogP contribution in [0, 0.1) is 0 Å². The van der Waals surface area contributed by atoms with Crippen molar-refractivity contribution in [2.45, 2.75) is 26.2 Å². The van der Waals surface area contributed by atoms with Crippen molar-refractivity contribution >= 4 is 17.7 Å². The van der Waals surface area contributed by atoms with Crippen molar-refractivity contribution in [3.63, 3.8) is 0 Å². The Morgan fingerprint density at radius 1 is 0.962 bits per heavy atom. The number of para-hydroxylation sites is 1. The van der Waals surface area contributed by atoms with E-state index in [4.69, 9.17) is 0 Å². The third-order valence-corrected chi connectivity index (χ3v) is 4.93. The number of anilines is 1. The SMILES string of the molecule is CCCCc1ccc(C=CC(=O)N2CCN(c3ccccc3)CC2)cc1. The molecule has 0 saturated carbocycles. The molecule has 3 rings (SSSR count). The van der Waals surface area contributed by atoms with Crippen LogP contribution in [-0.4, -0.2) is 37.0 Å². The van der Waals surface area contributed by atoms with Crippen LogP contribution >= 0.6 is 0 Å². The van der Waals surface area contributed by atoms with Crippen LogP contribution in [0.4, 0.5) is 5.69 Å². The molecule has 1 amide bonds. The molecule has 1 heterocycles. The summed E-state index contributed by atoms with van der Waals surface area (Å²) in [6, 6.07) is 18.9. The minimum atomic E-state index is 0.104. The van der Waals surface area contributed by atoms with E-state index in [1.807, 2.05) is 17.0 Å². The van der Waals surface area contributed by atoms with Gasteiger partial charge in [-0.3, -0.25) is 4.79 Å². The molecule has 0 radical (unpaired) electrons. The second-order valence-corrected chi connectivity index (χ2v) is 6.83. The van der Waals surface area contributed by atoms with Gasteiger partial charge >= 0.3 is 0 Å². The molecule has 136 valence electrons. The minimum Gasteiger partial charge on any atom is -0.368 e. The Morgan fingerprint density at radius 2 is 1.65 bits per heavy atom. The molecule has 1 fully saturated rings. The molecule has 0 N–H and O–H groups in total. The number of benzene rings is 2. The number of piperazine rings is 1. The molecule has 3 nitrogen and oxygen atoms in total. The first kappa shape index (κ1) is 18.2. The first-order valence-electron chi connectivity index (χ1n) is 9.62. The van der Waals surface area contributed by atoms with Crippen molar-refractivity contribution in [1.82, 2.24) is 4.90 Å². The summed E-state index contributed by atoms with van der Waals surface area (Å²) in [6.07, 6.45) is 7.20. The Morgan fingerprint density at radius 3 is 2.31 bits per heavy atom. The number of rotatable bonds is 6. The Labute approximate surface area is 156 Å². The fourth-order valence-electron chi connectivity index (χ4n) is 3.27. The average Bonchev–Trinajstić information content (AvgIpc) is 2.72. The largest absolute Gasteiger partial charge is 0.368 e. The van der Waals surface area contributed by atoms with Crippen molar-refractivity contribution in [1.29, 1.82) is 0 Å². The second kappa shape index (κ2) is 9.23. The van der Waals surface area contributed by atoms with Gasteiger partial charge in [0.05, 0.1) is 0 Å². The summed E-state index contributed by atoms with van der Waals surface area (Å²) < 4.78 is 0. The molecule has 1 saturated heterocycles. The summed E-state index contributed by atoms with van der Waals surface area (Å²) in [5, 5.41) is 0. The van der Waals surface area contributed by atoms with Crippen LogP contribution < -0.4 is 4.90 Å². The van der Waals surface area contributed by atoms with Gasteiger partial charge in [-0.2, -0.15) is 0 Å². The predicted molar refractivity (Wildman–Crippen MR) is 109 cm³/mol. The van der Waals surface area contributed by atoms with E-state index >= 15 is 0 Å². The Bertz CT molecular complexity index is 714. The van der Waals surface area contributed by atoms with Crippen LogP contribution in [0.5, 0.6) is 0 Å². The maximum absolute atomic E-state index is 12.4. The maximum Gasteiger partial charge on any atom is 0.246 e. The van der Waals surface area contributed by atoms with Crippen LogP contribution in [-0.2, 0) is 11.2 Å². The lowest BCUT2D eigenvalue weighted by Gasteiger charge is -2.35. The summed E-state index contributed by atoms with van der Waals surface area (Å²) in [6.45, 7) is 5.52. The van der Waals surface area contributed by atoms with Crippen molar-refractivity contribution in [2.24, 2.45) is 0 Å². The van der Waals surface area contributed by atoms with Gasteiger partial charge in [0.25, 0.3) is 0 Å². The molecular formula is C23H28N2O. The maximum atomic E-state index is 12.4.